The van der Waals surface area contributed by atoms with Crippen LogP contribution in [0.2, 0.25) is 0 Å². The maximum atomic E-state index is 13.1. The van der Waals surface area contributed by atoms with E-state index in [4.69, 9.17) is 5.21 Å². The van der Waals surface area contributed by atoms with Crippen molar-refractivity contribution in [3.63, 3.8) is 0 Å². The number of nitrogens with one attached hydrogen (secondary N) is 1. The van der Waals surface area contributed by atoms with Crippen LogP contribution in [0, 0.1) is 11.7 Å². The molecule has 0 bridgehead atoms. The lowest BCUT2D eigenvalue weighted by Crippen LogP contribution is -2.32. The Kier molecular flexibility index (Phi) is 5.38. The van der Waals surface area contributed by atoms with Crippen molar-refractivity contribution in [2.24, 2.45) is 11.1 Å². The number of oxime groups is 1. The van der Waals surface area contributed by atoms with Gasteiger partial charge in [0, 0.05) is 11.5 Å². The normalized spacial score (nSPS) is 17.6. The van der Waals surface area contributed by atoms with Crippen LogP contribution in [0.1, 0.15) is 18.4 Å². The molecule has 94 valence electrons. The van der Waals surface area contributed by atoms with Gasteiger partial charge in [-0.1, -0.05) is 17.3 Å². The number of piperidine rings is 1. The van der Waals surface area contributed by atoms with Crippen LogP contribution in [-0.2, 0) is 0 Å². The molecule has 2 rings (SSSR count). The molecule has 1 aliphatic heterocycles. The van der Waals surface area contributed by atoms with Gasteiger partial charge >= 0.3 is 0 Å². The van der Waals surface area contributed by atoms with Crippen LogP contribution < -0.4 is 5.32 Å². The van der Waals surface area contributed by atoms with Crippen LogP contribution in [0.5, 0.6) is 0 Å². The number of benzene rings is 1. The molecule has 0 aliphatic carbocycles. The molecule has 1 heterocycles. The quantitative estimate of drug-likeness (QED) is 0.486. The Hall–Kier alpha value is -1.13. The fraction of sp³-hybridized carbons (Fsp3) is 0.417. The Morgan fingerprint density at radius 1 is 1.35 bits per heavy atom. The number of halogens is 2. The van der Waals surface area contributed by atoms with E-state index in [9.17, 15) is 4.39 Å². The minimum absolute atomic E-state index is 0. The molecule has 0 atom stereocenters. The van der Waals surface area contributed by atoms with Crippen molar-refractivity contribution in [1.29, 1.82) is 0 Å². The van der Waals surface area contributed by atoms with E-state index in [1.165, 1.54) is 12.1 Å². The average Bonchev–Trinajstić information content (AvgIpc) is 2.31. The van der Waals surface area contributed by atoms with Crippen molar-refractivity contribution in [1.82, 2.24) is 5.32 Å². The molecule has 0 unspecified atom stereocenters. The standard InChI is InChI=1S/C12H15FN2O.ClH/c13-11-3-1-2-10(8-11)12(15-16)9-4-6-14-7-5-9;/h1-3,8-9,14,16H,4-7H2;1H/b15-12-;. The van der Waals surface area contributed by atoms with E-state index >= 15 is 0 Å². The second kappa shape index (κ2) is 6.57. The lowest BCUT2D eigenvalue weighted by molar-refractivity contribution is 0.311. The van der Waals surface area contributed by atoms with Gasteiger partial charge in [0.1, 0.15) is 5.82 Å². The summed E-state index contributed by atoms with van der Waals surface area (Å²) in [5.41, 5.74) is 1.27. The molecule has 1 aromatic carbocycles. The van der Waals surface area contributed by atoms with Crippen LogP contribution >= 0.6 is 12.4 Å². The Bertz CT molecular complexity index is 392. The number of hydrogen-bond donors (Lipinski definition) is 2. The smallest absolute Gasteiger partial charge is 0.123 e. The summed E-state index contributed by atoms with van der Waals surface area (Å²) in [4.78, 5) is 0. The molecule has 1 aromatic rings. The fourth-order valence-electron chi connectivity index (χ4n) is 2.12. The van der Waals surface area contributed by atoms with E-state index in [-0.39, 0.29) is 24.1 Å². The van der Waals surface area contributed by atoms with Gasteiger partial charge in [-0.2, -0.15) is 0 Å². The molecule has 5 heteroatoms. The molecule has 1 fully saturated rings. The summed E-state index contributed by atoms with van der Waals surface area (Å²) in [7, 11) is 0. The predicted molar refractivity (Wildman–Crippen MR) is 67.6 cm³/mol. The maximum absolute atomic E-state index is 13.1. The van der Waals surface area contributed by atoms with E-state index in [1.807, 2.05) is 0 Å². The molecule has 2 N–H and O–H groups in total. The van der Waals surface area contributed by atoms with Crippen molar-refractivity contribution in [2.75, 3.05) is 13.1 Å². The Labute approximate surface area is 106 Å². The number of rotatable bonds is 2. The van der Waals surface area contributed by atoms with Crippen LogP contribution in [-0.4, -0.2) is 24.0 Å². The third-order valence-corrected chi connectivity index (χ3v) is 2.95. The zero-order valence-electron chi connectivity index (χ0n) is 9.40. The molecule has 0 aromatic heterocycles. The summed E-state index contributed by atoms with van der Waals surface area (Å²) in [5.74, 6) is -0.0827. The second-order valence-electron chi connectivity index (χ2n) is 4.02. The molecule has 0 radical (unpaired) electrons. The van der Waals surface area contributed by atoms with Crippen LogP contribution in [0.3, 0.4) is 0 Å². The van der Waals surface area contributed by atoms with Gasteiger partial charge in [-0.15, -0.1) is 12.4 Å². The minimum Gasteiger partial charge on any atom is -0.411 e. The third-order valence-electron chi connectivity index (χ3n) is 2.95. The summed E-state index contributed by atoms with van der Waals surface area (Å²) < 4.78 is 13.1. The van der Waals surface area contributed by atoms with Crippen LogP contribution in [0.15, 0.2) is 29.4 Å². The highest BCUT2D eigenvalue weighted by molar-refractivity contribution is 6.01. The lowest BCUT2D eigenvalue weighted by Gasteiger charge is -2.23. The highest BCUT2D eigenvalue weighted by Crippen LogP contribution is 2.19. The first kappa shape index (κ1) is 13.9. The summed E-state index contributed by atoms with van der Waals surface area (Å²) >= 11 is 0. The predicted octanol–water partition coefficient (Wildman–Crippen LogP) is 2.43. The van der Waals surface area contributed by atoms with Crippen LogP contribution in [0.25, 0.3) is 0 Å². The summed E-state index contributed by atoms with van der Waals surface area (Å²) in [5, 5.41) is 15.7. The van der Waals surface area contributed by atoms with Crippen molar-refractivity contribution in [3.05, 3.63) is 35.6 Å². The summed E-state index contributed by atoms with van der Waals surface area (Å²) in [6, 6.07) is 6.22. The zero-order valence-corrected chi connectivity index (χ0v) is 10.2. The Morgan fingerprint density at radius 2 is 2.06 bits per heavy atom. The number of nitrogens with zero attached hydrogens (tertiary/aromatic N) is 1. The fourth-order valence-corrected chi connectivity index (χ4v) is 2.12. The topological polar surface area (TPSA) is 44.6 Å². The van der Waals surface area contributed by atoms with Gasteiger partial charge < -0.3 is 10.5 Å². The first-order chi connectivity index (χ1) is 7.81. The lowest BCUT2D eigenvalue weighted by atomic mass is 9.89. The molecular weight excluding hydrogens is 243 g/mol. The first-order valence-corrected chi connectivity index (χ1v) is 5.50. The molecule has 1 saturated heterocycles. The molecule has 1 aliphatic rings. The first-order valence-electron chi connectivity index (χ1n) is 5.50. The average molecular weight is 259 g/mol. The van der Waals surface area contributed by atoms with Crippen molar-refractivity contribution in [3.8, 4) is 0 Å². The van der Waals surface area contributed by atoms with Gasteiger partial charge in [-0.05, 0) is 38.1 Å². The van der Waals surface area contributed by atoms with Crippen molar-refractivity contribution >= 4 is 18.1 Å². The largest absolute Gasteiger partial charge is 0.411 e. The van der Waals surface area contributed by atoms with E-state index in [0.29, 0.717) is 11.3 Å². The molecule has 3 nitrogen and oxygen atoms in total. The van der Waals surface area contributed by atoms with Gasteiger partial charge in [0.2, 0.25) is 0 Å². The SMILES string of the molecule is Cl.O/N=C(\c1cccc(F)c1)C1CCNCC1. The number of hydrogen-bond acceptors (Lipinski definition) is 3. The molecule has 0 saturated carbocycles. The minimum atomic E-state index is -0.299. The maximum Gasteiger partial charge on any atom is 0.123 e. The van der Waals surface area contributed by atoms with Crippen LogP contribution in [0.4, 0.5) is 4.39 Å². The van der Waals surface area contributed by atoms with Gasteiger partial charge in [-0.3, -0.25) is 0 Å². The highest BCUT2D eigenvalue weighted by atomic mass is 35.5. The summed E-state index contributed by atoms with van der Waals surface area (Å²) in [6.45, 7) is 1.83. The summed E-state index contributed by atoms with van der Waals surface area (Å²) in [6.07, 6.45) is 1.85. The van der Waals surface area contributed by atoms with Gasteiger partial charge in [0.25, 0.3) is 0 Å². The second-order valence-corrected chi connectivity index (χ2v) is 4.02. The van der Waals surface area contributed by atoms with E-state index in [0.717, 1.165) is 25.9 Å². The third kappa shape index (κ3) is 3.41. The molecular formula is C12H16ClFN2O. The Balaban J connectivity index is 0.00000144. The molecule has 0 amide bonds. The van der Waals surface area contributed by atoms with Crippen molar-refractivity contribution in [2.45, 2.75) is 12.8 Å². The molecule has 17 heavy (non-hydrogen) atoms. The van der Waals surface area contributed by atoms with Gasteiger partial charge in [0.05, 0.1) is 5.71 Å². The van der Waals surface area contributed by atoms with E-state index in [1.54, 1.807) is 12.1 Å². The van der Waals surface area contributed by atoms with E-state index in [2.05, 4.69) is 10.5 Å². The highest BCUT2D eigenvalue weighted by Gasteiger charge is 2.21. The monoisotopic (exact) mass is 258 g/mol. The zero-order chi connectivity index (χ0) is 11.4. The Morgan fingerprint density at radius 3 is 2.65 bits per heavy atom. The van der Waals surface area contributed by atoms with Gasteiger partial charge in [0.15, 0.2) is 0 Å². The van der Waals surface area contributed by atoms with Gasteiger partial charge in [-0.25, -0.2) is 4.39 Å². The molecule has 0 spiro atoms. The van der Waals surface area contributed by atoms with Crippen molar-refractivity contribution < 1.29 is 9.60 Å². The van der Waals surface area contributed by atoms with E-state index < -0.39 is 0 Å².